The number of hydrogen-bond donors (Lipinski definition) is 0. The van der Waals surface area contributed by atoms with Crippen LogP contribution in [-0.4, -0.2) is 30.1 Å². The number of piperidine rings is 1. The molecule has 2 aliphatic heterocycles. The first kappa shape index (κ1) is 13.6. The molecule has 4 rings (SSSR count). The van der Waals surface area contributed by atoms with Gasteiger partial charge >= 0.3 is 0 Å². The SMILES string of the molecule is CN1[C@@H]2CC[C@H]1C[C@H](Oc1ccc3cc(Br)ccc3c1)C2. The zero-order valence-electron chi connectivity index (χ0n) is 12.3. The summed E-state index contributed by atoms with van der Waals surface area (Å²) in [4.78, 5) is 2.55. The van der Waals surface area contributed by atoms with Crippen molar-refractivity contribution in [3.63, 3.8) is 0 Å². The predicted octanol–water partition coefficient (Wildman–Crippen LogP) is 4.61. The van der Waals surface area contributed by atoms with Gasteiger partial charge in [-0.05, 0) is 67.8 Å². The molecule has 0 radical (unpaired) electrons. The number of hydrogen-bond acceptors (Lipinski definition) is 2. The quantitative estimate of drug-likeness (QED) is 0.788. The van der Waals surface area contributed by atoms with Gasteiger partial charge in [-0.3, -0.25) is 0 Å². The highest BCUT2D eigenvalue weighted by molar-refractivity contribution is 9.10. The van der Waals surface area contributed by atoms with Gasteiger partial charge in [-0.15, -0.1) is 0 Å². The van der Waals surface area contributed by atoms with Crippen LogP contribution < -0.4 is 4.74 Å². The van der Waals surface area contributed by atoms with E-state index in [2.05, 4.69) is 64.3 Å². The normalized spacial score (nSPS) is 29.0. The summed E-state index contributed by atoms with van der Waals surface area (Å²) < 4.78 is 7.41. The molecule has 3 atom stereocenters. The van der Waals surface area contributed by atoms with E-state index < -0.39 is 0 Å². The third-order valence-electron chi connectivity index (χ3n) is 5.13. The number of halogens is 1. The fourth-order valence-electron chi connectivity index (χ4n) is 3.92. The second kappa shape index (κ2) is 5.29. The summed E-state index contributed by atoms with van der Waals surface area (Å²) in [7, 11) is 2.27. The Bertz CT molecular complexity index is 657. The zero-order chi connectivity index (χ0) is 14.4. The van der Waals surface area contributed by atoms with Crippen LogP contribution in [0, 0.1) is 0 Å². The molecule has 2 fully saturated rings. The first-order chi connectivity index (χ1) is 10.2. The summed E-state index contributed by atoms with van der Waals surface area (Å²) in [5.74, 6) is 1.01. The van der Waals surface area contributed by atoms with Crippen LogP contribution >= 0.6 is 15.9 Å². The third kappa shape index (κ3) is 2.58. The number of fused-ring (bicyclic) bond motifs is 3. The molecular weight excluding hydrogens is 326 g/mol. The van der Waals surface area contributed by atoms with Crippen LogP contribution in [0.15, 0.2) is 40.9 Å². The molecular formula is C18H20BrNO. The molecule has 0 spiro atoms. The Labute approximate surface area is 134 Å². The average molecular weight is 346 g/mol. The Kier molecular flexibility index (Phi) is 3.43. The van der Waals surface area contributed by atoms with E-state index in [0.717, 1.165) is 22.3 Å². The lowest BCUT2D eigenvalue weighted by atomic mass is 10.0. The molecule has 2 aromatic carbocycles. The van der Waals surface area contributed by atoms with Gasteiger partial charge in [0.15, 0.2) is 0 Å². The molecule has 0 aliphatic carbocycles. The first-order valence-electron chi connectivity index (χ1n) is 7.77. The second-order valence-corrected chi connectivity index (χ2v) is 7.33. The van der Waals surface area contributed by atoms with Crippen LogP contribution in [0.5, 0.6) is 5.75 Å². The van der Waals surface area contributed by atoms with E-state index in [4.69, 9.17) is 4.74 Å². The Hall–Kier alpha value is -1.06. The van der Waals surface area contributed by atoms with Gasteiger partial charge in [-0.25, -0.2) is 0 Å². The fourth-order valence-corrected chi connectivity index (χ4v) is 4.30. The lowest BCUT2D eigenvalue weighted by Gasteiger charge is -2.36. The van der Waals surface area contributed by atoms with Gasteiger partial charge in [-0.1, -0.05) is 28.1 Å². The van der Waals surface area contributed by atoms with Crippen molar-refractivity contribution in [2.45, 2.75) is 43.9 Å². The van der Waals surface area contributed by atoms with E-state index in [9.17, 15) is 0 Å². The number of rotatable bonds is 2. The largest absolute Gasteiger partial charge is 0.490 e. The van der Waals surface area contributed by atoms with Crippen LogP contribution in [0.2, 0.25) is 0 Å². The Morgan fingerprint density at radius 2 is 1.67 bits per heavy atom. The molecule has 110 valence electrons. The molecule has 0 saturated carbocycles. The van der Waals surface area contributed by atoms with Gasteiger partial charge in [0, 0.05) is 16.6 Å². The molecule has 0 N–H and O–H groups in total. The van der Waals surface area contributed by atoms with Crippen LogP contribution in [0.4, 0.5) is 0 Å². The molecule has 21 heavy (non-hydrogen) atoms. The Morgan fingerprint density at radius 3 is 2.43 bits per heavy atom. The van der Waals surface area contributed by atoms with Gasteiger partial charge in [0.25, 0.3) is 0 Å². The van der Waals surface area contributed by atoms with Crippen LogP contribution in [0.1, 0.15) is 25.7 Å². The van der Waals surface area contributed by atoms with Crippen molar-refractivity contribution in [1.82, 2.24) is 4.90 Å². The van der Waals surface area contributed by atoms with Crippen molar-refractivity contribution >= 4 is 26.7 Å². The van der Waals surface area contributed by atoms with Gasteiger partial charge in [-0.2, -0.15) is 0 Å². The maximum atomic E-state index is 6.28. The first-order valence-corrected chi connectivity index (χ1v) is 8.56. The third-order valence-corrected chi connectivity index (χ3v) is 5.62. The molecule has 2 saturated heterocycles. The van der Waals surface area contributed by atoms with E-state index >= 15 is 0 Å². The minimum atomic E-state index is 0.381. The molecule has 2 aromatic rings. The van der Waals surface area contributed by atoms with Gasteiger partial charge in [0.1, 0.15) is 11.9 Å². The zero-order valence-corrected chi connectivity index (χ0v) is 13.8. The Balaban J connectivity index is 1.53. The minimum Gasteiger partial charge on any atom is -0.490 e. The fraction of sp³-hybridized carbons (Fsp3) is 0.444. The van der Waals surface area contributed by atoms with Crippen LogP contribution in [0.3, 0.4) is 0 Å². The topological polar surface area (TPSA) is 12.5 Å². The summed E-state index contributed by atoms with van der Waals surface area (Å²) >= 11 is 3.52. The van der Waals surface area contributed by atoms with Crippen molar-refractivity contribution in [2.75, 3.05) is 7.05 Å². The highest BCUT2D eigenvalue weighted by Gasteiger charge is 2.39. The molecule has 0 amide bonds. The standard InChI is InChI=1S/C18H20BrNO/c1-20-15-5-6-16(20)11-18(10-15)21-17-7-3-12-8-14(19)4-2-13(12)9-17/h2-4,7-9,15-16,18H,5-6,10-11H2,1H3/t15-,16+,18-. The molecule has 0 aromatic heterocycles. The lowest BCUT2D eigenvalue weighted by molar-refractivity contribution is 0.0662. The maximum absolute atomic E-state index is 6.28. The minimum absolute atomic E-state index is 0.381. The number of ether oxygens (including phenoxy) is 1. The molecule has 2 aliphatic rings. The highest BCUT2D eigenvalue weighted by Crippen LogP contribution is 2.36. The van der Waals surface area contributed by atoms with Crippen molar-refractivity contribution in [2.24, 2.45) is 0 Å². The lowest BCUT2D eigenvalue weighted by Crippen LogP contribution is -2.43. The highest BCUT2D eigenvalue weighted by atomic mass is 79.9. The van der Waals surface area contributed by atoms with Crippen molar-refractivity contribution in [1.29, 1.82) is 0 Å². The van der Waals surface area contributed by atoms with Crippen molar-refractivity contribution in [3.05, 3.63) is 40.9 Å². The monoisotopic (exact) mass is 345 g/mol. The summed E-state index contributed by atoms with van der Waals surface area (Å²) in [5.41, 5.74) is 0. The summed E-state index contributed by atoms with van der Waals surface area (Å²) in [6.45, 7) is 0. The van der Waals surface area contributed by atoms with Crippen LogP contribution in [0.25, 0.3) is 10.8 Å². The second-order valence-electron chi connectivity index (χ2n) is 6.42. The van der Waals surface area contributed by atoms with E-state index in [1.807, 2.05) is 0 Å². The summed E-state index contributed by atoms with van der Waals surface area (Å²) in [6, 6.07) is 14.3. The average Bonchev–Trinajstić information content (AvgIpc) is 2.70. The van der Waals surface area contributed by atoms with E-state index in [0.29, 0.717) is 6.10 Å². The van der Waals surface area contributed by atoms with E-state index in [-0.39, 0.29) is 0 Å². The number of benzene rings is 2. The smallest absolute Gasteiger partial charge is 0.120 e. The molecule has 2 bridgehead atoms. The Morgan fingerprint density at radius 1 is 1.00 bits per heavy atom. The molecule has 2 nitrogen and oxygen atoms in total. The summed E-state index contributed by atoms with van der Waals surface area (Å²) in [5, 5.41) is 2.49. The van der Waals surface area contributed by atoms with Crippen molar-refractivity contribution < 1.29 is 4.74 Å². The molecule has 2 heterocycles. The van der Waals surface area contributed by atoms with Crippen molar-refractivity contribution in [3.8, 4) is 5.75 Å². The van der Waals surface area contributed by atoms with E-state index in [1.165, 1.54) is 36.5 Å². The van der Waals surface area contributed by atoms with Gasteiger partial charge in [0.05, 0.1) is 0 Å². The van der Waals surface area contributed by atoms with E-state index in [1.54, 1.807) is 0 Å². The number of nitrogens with zero attached hydrogens (tertiary/aromatic N) is 1. The predicted molar refractivity (Wildman–Crippen MR) is 89.9 cm³/mol. The maximum Gasteiger partial charge on any atom is 0.120 e. The van der Waals surface area contributed by atoms with Gasteiger partial charge in [0.2, 0.25) is 0 Å². The summed E-state index contributed by atoms with van der Waals surface area (Å²) in [6.07, 6.45) is 5.41. The van der Waals surface area contributed by atoms with Gasteiger partial charge < -0.3 is 9.64 Å². The van der Waals surface area contributed by atoms with Crippen LogP contribution in [-0.2, 0) is 0 Å². The molecule has 3 heteroatoms. The molecule has 0 unspecified atom stereocenters.